The van der Waals surface area contributed by atoms with E-state index >= 15 is 0 Å². The number of rotatable bonds is 8. The normalized spacial score (nSPS) is 10.9. The van der Waals surface area contributed by atoms with Crippen LogP contribution in [0.4, 0.5) is 0 Å². The monoisotopic (exact) mass is 624 g/mol. The van der Waals surface area contributed by atoms with Crippen LogP contribution in [0.2, 0.25) is 0 Å². The first-order valence-corrected chi connectivity index (χ1v) is 10.7. The quantitative estimate of drug-likeness (QED) is 0.281. The van der Waals surface area contributed by atoms with Crippen molar-refractivity contribution in [3.63, 3.8) is 0 Å². The maximum absolute atomic E-state index is 12.1. The molecule has 2 N–H and O–H groups in total. The van der Waals surface area contributed by atoms with E-state index in [0.717, 1.165) is 18.5 Å². The number of aromatic nitrogens is 6. The molecule has 11 nitrogen and oxygen atoms in total. The number of amides is 2. The largest absolute Gasteiger partial charge is 0.353 e. The second-order valence-corrected chi connectivity index (χ2v) is 8.44. The molecule has 2 amide bonds. The number of hydrogen-bond acceptors (Lipinski definition) is 7. The van der Waals surface area contributed by atoms with Crippen LogP contribution < -0.4 is 10.6 Å². The highest BCUT2D eigenvalue weighted by molar-refractivity contribution is 14.1. The van der Waals surface area contributed by atoms with Gasteiger partial charge in [-0.25, -0.2) is 0 Å². The molecule has 3 rings (SSSR count). The summed E-state index contributed by atoms with van der Waals surface area (Å²) in [6.07, 6.45) is 3.53. The molecule has 0 unspecified atom stereocenters. The van der Waals surface area contributed by atoms with Crippen LogP contribution in [0, 0.1) is 21.0 Å². The summed E-state index contributed by atoms with van der Waals surface area (Å²) in [5, 5.41) is 17.6. The fourth-order valence-electron chi connectivity index (χ4n) is 2.45. The minimum absolute atomic E-state index is 0.128. The van der Waals surface area contributed by atoms with Gasteiger partial charge in [0, 0.05) is 25.0 Å². The summed E-state index contributed by atoms with van der Waals surface area (Å²) < 4.78 is 10.3. The average molecular weight is 624 g/mol. The summed E-state index contributed by atoms with van der Waals surface area (Å²) in [5.74, 6) is -0.468. The van der Waals surface area contributed by atoms with Gasteiger partial charge < -0.3 is 15.2 Å². The Morgan fingerprint density at radius 1 is 1.21 bits per heavy atom. The van der Waals surface area contributed by atoms with E-state index in [0.29, 0.717) is 12.4 Å². The van der Waals surface area contributed by atoms with Gasteiger partial charge in [-0.05, 0) is 59.0 Å². The number of nitrogens with zero attached hydrogens (tertiary/aromatic N) is 6. The summed E-state index contributed by atoms with van der Waals surface area (Å²) in [6.45, 7) is 4.75. The van der Waals surface area contributed by atoms with E-state index in [-0.39, 0.29) is 31.4 Å². The first kappa shape index (κ1) is 21.7. The summed E-state index contributed by atoms with van der Waals surface area (Å²) in [5.41, 5.74) is 1.84. The maximum atomic E-state index is 12.1. The number of halogens is 2. The lowest BCUT2D eigenvalue weighted by Crippen LogP contribution is -2.36. The molecule has 0 spiro atoms. The van der Waals surface area contributed by atoms with Gasteiger partial charge in [0.15, 0.2) is 5.82 Å². The lowest BCUT2D eigenvalue weighted by Gasteiger charge is -2.07. The van der Waals surface area contributed by atoms with Crippen LogP contribution in [-0.2, 0) is 17.9 Å². The highest BCUT2D eigenvalue weighted by atomic mass is 127. The Balaban J connectivity index is 1.40. The first-order chi connectivity index (χ1) is 13.8. The highest BCUT2D eigenvalue weighted by Gasteiger charge is 2.16. The second kappa shape index (κ2) is 9.64. The topological polar surface area (TPSA) is 133 Å². The summed E-state index contributed by atoms with van der Waals surface area (Å²) >= 11 is 4.35. The molecule has 0 aliphatic carbocycles. The second-order valence-electron chi connectivity index (χ2n) is 6.12. The van der Waals surface area contributed by atoms with Gasteiger partial charge in [-0.1, -0.05) is 5.16 Å². The molecule has 0 saturated carbocycles. The van der Waals surface area contributed by atoms with E-state index in [1.54, 1.807) is 15.6 Å². The maximum Gasteiger partial charge on any atom is 0.316 e. The minimum Gasteiger partial charge on any atom is -0.353 e. The Hall–Kier alpha value is -2.04. The number of aryl methyl sites for hydroxylation is 1. The molecule has 154 valence electrons. The zero-order chi connectivity index (χ0) is 21.0. The smallest absolute Gasteiger partial charge is 0.316 e. The number of hydrogen-bond donors (Lipinski definition) is 2. The van der Waals surface area contributed by atoms with Crippen molar-refractivity contribution in [2.45, 2.75) is 26.9 Å². The van der Waals surface area contributed by atoms with Gasteiger partial charge in [0.2, 0.25) is 5.91 Å². The van der Waals surface area contributed by atoms with Gasteiger partial charge in [0.25, 0.3) is 0 Å². The van der Waals surface area contributed by atoms with Gasteiger partial charge in [-0.15, -0.1) is 0 Å². The Bertz CT molecular complexity index is 1030. The third kappa shape index (κ3) is 5.74. The minimum atomic E-state index is -0.499. The number of nitrogens with one attached hydrogen (secondary N) is 2. The van der Waals surface area contributed by atoms with Crippen LogP contribution >= 0.6 is 45.2 Å². The van der Waals surface area contributed by atoms with E-state index in [1.165, 1.54) is 0 Å². The summed E-state index contributed by atoms with van der Waals surface area (Å²) in [4.78, 5) is 28.2. The molecule has 0 saturated heterocycles. The SMILES string of the molecule is Cc1nn(CC(=O)NCCNC(=O)c2nc(Cn3cc(I)cn3)no2)c(C)c1I. The van der Waals surface area contributed by atoms with Gasteiger partial charge in [0.05, 0.1) is 19.0 Å². The third-order valence-electron chi connectivity index (χ3n) is 3.89. The lowest BCUT2D eigenvalue weighted by molar-refractivity contribution is -0.121. The Labute approximate surface area is 193 Å². The van der Waals surface area contributed by atoms with Gasteiger partial charge >= 0.3 is 11.8 Å². The molecular weight excluding hydrogens is 606 g/mol. The lowest BCUT2D eigenvalue weighted by atomic mass is 10.4. The van der Waals surface area contributed by atoms with Crippen LogP contribution in [0.15, 0.2) is 16.9 Å². The highest BCUT2D eigenvalue weighted by Crippen LogP contribution is 2.14. The fourth-order valence-corrected chi connectivity index (χ4v) is 3.29. The zero-order valence-electron chi connectivity index (χ0n) is 15.6. The van der Waals surface area contributed by atoms with E-state index < -0.39 is 5.91 Å². The summed E-state index contributed by atoms with van der Waals surface area (Å²) in [6, 6.07) is 0. The van der Waals surface area contributed by atoms with Crippen LogP contribution in [0.1, 0.15) is 27.9 Å². The molecule has 0 aromatic carbocycles. The van der Waals surface area contributed by atoms with E-state index in [2.05, 4.69) is 76.2 Å². The van der Waals surface area contributed by atoms with Crippen molar-refractivity contribution in [1.29, 1.82) is 0 Å². The predicted molar refractivity (Wildman–Crippen MR) is 118 cm³/mol. The fraction of sp³-hybridized carbons (Fsp3) is 0.375. The van der Waals surface area contributed by atoms with Crippen molar-refractivity contribution >= 4 is 57.0 Å². The predicted octanol–water partition coefficient (Wildman–Crippen LogP) is 0.883. The number of carbonyl (C=O) groups is 2. The van der Waals surface area contributed by atoms with Crippen molar-refractivity contribution < 1.29 is 14.1 Å². The molecule has 13 heteroatoms. The van der Waals surface area contributed by atoms with E-state index in [1.807, 2.05) is 20.0 Å². The van der Waals surface area contributed by atoms with Gasteiger partial charge in [-0.2, -0.15) is 15.2 Å². The van der Waals surface area contributed by atoms with Gasteiger partial charge in [0.1, 0.15) is 13.1 Å². The molecule has 29 heavy (non-hydrogen) atoms. The van der Waals surface area contributed by atoms with Crippen molar-refractivity contribution in [2.75, 3.05) is 13.1 Å². The summed E-state index contributed by atoms with van der Waals surface area (Å²) in [7, 11) is 0. The van der Waals surface area contributed by atoms with Crippen molar-refractivity contribution in [2.24, 2.45) is 0 Å². The molecule has 0 radical (unpaired) electrons. The molecule has 0 aliphatic heterocycles. The van der Waals surface area contributed by atoms with Crippen molar-refractivity contribution in [3.8, 4) is 0 Å². The molecule has 0 atom stereocenters. The Morgan fingerprint density at radius 3 is 2.62 bits per heavy atom. The van der Waals surface area contributed by atoms with Gasteiger partial charge in [-0.3, -0.25) is 19.0 Å². The molecule has 0 aliphatic rings. The Morgan fingerprint density at radius 2 is 1.97 bits per heavy atom. The standard InChI is InChI=1S/C16H18I2N8O3/c1-9-14(18)10(2)26(23-9)8-13(27)19-3-4-20-15(28)16-22-12(24-29-16)7-25-6-11(17)5-21-25/h5-6H,3-4,7-8H2,1-2H3,(H,19,27)(H,20,28). The molecule has 0 fully saturated rings. The molecular formula is C16H18I2N8O3. The van der Waals surface area contributed by atoms with Crippen molar-refractivity contribution in [1.82, 2.24) is 40.3 Å². The van der Waals surface area contributed by atoms with E-state index in [4.69, 9.17) is 4.52 Å². The van der Waals surface area contributed by atoms with Crippen LogP contribution in [0.5, 0.6) is 0 Å². The van der Waals surface area contributed by atoms with E-state index in [9.17, 15) is 9.59 Å². The van der Waals surface area contributed by atoms with Crippen LogP contribution in [-0.4, -0.2) is 54.6 Å². The van der Waals surface area contributed by atoms with Crippen LogP contribution in [0.3, 0.4) is 0 Å². The zero-order valence-corrected chi connectivity index (χ0v) is 20.0. The molecule has 3 heterocycles. The molecule has 3 aromatic rings. The van der Waals surface area contributed by atoms with Crippen LogP contribution in [0.25, 0.3) is 0 Å². The first-order valence-electron chi connectivity index (χ1n) is 8.58. The third-order valence-corrected chi connectivity index (χ3v) is 6.01. The molecule has 0 bridgehead atoms. The molecule has 3 aromatic heterocycles. The Kier molecular flexibility index (Phi) is 7.20. The number of carbonyl (C=O) groups excluding carboxylic acids is 2. The van der Waals surface area contributed by atoms with Crippen molar-refractivity contribution in [3.05, 3.63) is 42.6 Å². The average Bonchev–Trinajstić information content (AvgIpc) is 3.37.